The summed E-state index contributed by atoms with van der Waals surface area (Å²) < 4.78 is 16.9. The molecule has 0 aromatic carbocycles. The molecule has 0 aliphatic carbocycles. The molecule has 0 aromatic heterocycles. The maximum atomic E-state index is 5.63. The lowest BCUT2D eigenvalue weighted by Gasteiger charge is -2.28. The molecule has 0 aliphatic rings. The van der Waals surface area contributed by atoms with E-state index in [4.69, 9.17) is 20.6 Å². The van der Waals surface area contributed by atoms with Gasteiger partial charge in [-0.05, 0) is 25.2 Å². The number of hydrogen-bond donors (Lipinski definition) is 0. The largest absolute Gasteiger partial charge is 0.353 e. The van der Waals surface area contributed by atoms with E-state index in [0.29, 0.717) is 19.8 Å². The molecule has 3 heteroatoms. The molecule has 0 saturated heterocycles. The van der Waals surface area contributed by atoms with E-state index in [1.54, 1.807) is 0 Å². The van der Waals surface area contributed by atoms with E-state index in [9.17, 15) is 0 Å². The van der Waals surface area contributed by atoms with Gasteiger partial charge in [-0.2, -0.15) is 0 Å². The lowest BCUT2D eigenvalue weighted by atomic mass is 10.3. The normalized spacial score (nSPS) is 11.4. The second kappa shape index (κ2) is 11.5. The molecular weight excluding hydrogens is 228 g/mol. The molecule has 0 radical (unpaired) electrons. The van der Waals surface area contributed by atoms with Crippen LogP contribution in [0.1, 0.15) is 59.3 Å². The van der Waals surface area contributed by atoms with Crippen LogP contribution in [0.5, 0.6) is 0 Å². The summed E-state index contributed by atoms with van der Waals surface area (Å²) in [6.07, 6.45) is 11.6. The monoisotopic (exact) mass is 256 g/mol. The molecule has 0 saturated carbocycles. The van der Waals surface area contributed by atoms with E-state index in [-0.39, 0.29) is 0 Å². The van der Waals surface area contributed by atoms with Crippen molar-refractivity contribution < 1.29 is 14.2 Å². The van der Waals surface area contributed by atoms with Crippen molar-refractivity contribution in [2.45, 2.75) is 65.3 Å². The number of rotatable bonds is 12. The lowest BCUT2D eigenvalue weighted by Crippen LogP contribution is -2.38. The Bertz CT molecular complexity index is 194. The fourth-order valence-electron chi connectivity index (χ4n) is 1.30. The summed E-state index contributed by atoms with van der Waals surface area (Å²) in [4.78, 5) is 0. The lowest BCUT2D eigenvalue weighted by molar-refractivity contribution is -0.344. The number of hydrogen-bond acceptors (Lipinski definition) is 3. The molecule has 0 amide bonds. The zero-order valence-electron chi connectivity index (χ0n) is 12.2. The summed E-state index contributed by atoms with van der Waals surface area (Å²) in [5, 5.41) is 0. The Morgan fingerprint density at radius 3 is 1.33 bits per heavy atom. The minimum absolute atomic E-state index is 0.568. The molecule has 3 nitrogen and oxygen atoms in total. The van der Waals surface area contributed by atoms with Crippen molar-refractivity contribution >= 4 is 0 Å². The molecule has 0 atom stereocenters. The molecule has 0 N–H and O–H groups in total. The minimum Gasteiger partial charge on any atom is -0.317 e. The quantitative estimate of drug-likeness (QED) is 0.302. The molecule has 0 aliphatic heterocycles. The van der Waals surface area contributed by atoms with Crippen LogP contribution in [-0.4, -0.2) is 25.8 Å². The first-order chi connectivity index (χ1) is 8.74. The standard InChI is InChI=1S/C15H28O3/c1-5-9-12-16-15(8-4,17-13-10-6-2)18-14-11-7-3/h4H,5-7,9-14H2,1-3H3. The Hall–Kier alpha value is -0.560. The second-order valence-electron chi connectivity index (χ2n) is 4.31. The summed E-state index contributed by atoms with van der Waals surface area (Å²) in [7, 11) is 0. The Morgan fingerprint density at radius 2 is 1.11 bits per heavy atom. The predicted octanol–water partition coefficient (Wildman–Crippen LogP) is 3.72. The van der Waals surface area contributed by atoms with E-state index in [1.165, 1.54) is 0 Å². The first kappa shape index (κ1) is 17.4. The van der Waals surface area contributed by atoms with Crippen LogP contribution < -0.4 is 0 Å². The van der Waals surface area contributed by atoms with Crippen LogP contribution in [0.2, 0.25) is 0 Å². The van der Waals surface area contributed by atoms with Crippen molar-refractivity contribution in [3.8, 4) is 12.3 Å². The Kier molecular flexibility index (Phi) is 11.2. The van der Waals surface area contributed by atoms with Crippen LogP contribution >= 0.6 is 0 Å². The van der Waals surface area contributed by atoms with E-state index in [0.717, 1.165) is 38.5 Å². The molecule has 18 heavy (non-hydrogen) atoms. The average molecular weight is 256 g/mol. The smallest absolute Gasteiger partial charge is 0.317 e. The zero-order chi connectivity index (χ0) is 13.7. The van der Waals surface area contributed by atoms with Crippen molar-refractivity contribution in [3.63, 3.8) is 0 Å². The van der Waals surface area contributed by atoms with Gasteiger partial charge >= 0.3 is 5.97 Å². The molecule has 0 aromatic rings. The molecule has 106 valence electrons. The molecular formula is C15H28O3. The summed E-state index contributed by atoms with van der Waals surface area (Å²) in [6, 6.07) is 0. The molecule has 0 rings (SSSR count). The third-order valence-electron chi connectivity index (χ3n) is 2.55. The van der Waals surface area contributed by atoms with Crippen molar-refractivity contribution in [2.75, 3.05) is 19.8 Å². The van der Waals surface area contributed by atoms with E-state index in [2.05, 4.69) is 26.7 Å². The Morgan fingerprint density at radius 1 is 0.778 bits per heavy atom. The van der Waals surface area contributed by atoms with Crippen molar-refractivity contribution in [3.05, 3.63) is 0 Å². The Labute approximate surface area is 112 Å². The predicted molar refractivity (Wildman–Crippen MR) is 74.1 cm³/mol. The van der Waals surface area contributed by atoms with Crippen LogP contribution in [0, 0.1) is 12.3 Å². The highest BCUT2D eigenvalue weighted by Crippen LogP contribution is 2.17. The highest BCUT2D eigenvalue weighted by Gasteiger charge is 2.30. The van der Waals surface area contributed by atoms with Gasteiger partial charge in [0, 0.05) is 0 Å². The van der Waals surface area contributed by atoms with Crippen LogP contribution in [0.15, 0.2) is 0 Å². The van der Waals surface area contributed by atoms with E-state index >= 15 is 0 Å². The van der Waals surface area contributed by atoms with E-state index in [1.807, 2.05) is 0 Å². The third-order valence-corrected chi connectivity index (χ3v) is 2.55. The molecule has 0 unspecified atom stereocenters. The minimum atomic E-state index is -1.28. The molecule has 0 spiro atoms. The molecule has 0 bridgehead atoms. The van der Waals surface area contributed by atoms with Gasteiger partial charge in [0.15, 0.2) is 0 Å². The fraction of sp³-hybridized carbons (Fsp3) is 0.867. The summed E-state index contributed by atoms with van der Waals surface area (Å²) in [5.74, 6) is 1.25. The van der Waals surface area contributed by atoms with Crippen molar-refractivity contribution in [1.29, 1.82) is 0 Å². The van der Waals surface area contributed by atoms with Crippen LogP contribution in [0.25, 0.3) is 0 Å². The summed E-state index contributed by atoms with van der Waals surface area (Å²) >= 11 is 0. The first-order valence-electron chi connectivity index (χ1n) is 7.14. The average Bonchev–Trinajstić information content (AvgIpc) is 2.39. The van der Waals surface area contributed by atoms with Gasteiger partial charge in [-0.15, -0.1) is 6.42 Å². The number of terminal acetylenes is 1. The summed E-state index contributed by atoms with van der Waals surface area (Å²) in [5.41, 5.74) is 0. The Balaban J connectivity index is 4.27. The van der Waals surface area contributed by atoms with Gasteiger partial charge in [-0.1, -0.05) is 40.0 Å². The number of ether oxygens (including phenoxy) is 3. The van der Waals surface area contributed by atoms with E-state index < -0.39 is 5.97 Å². The zero-order valence-corrected chi connectivity index (χ0v) is 12.2. The molecule has 0 fully saturated rings. The third kappa shape index (κ3) is 7.71. The SMILES string of the molecule is C#CC(OCCCC)(OCCCC)OCCCC. The van der Waals surface area contributed by atoms with Crippen molar-refractivity contribution in [2.24, 2.45) is 0 Å². The maximum absolute atomic E-state index is 5.63. The van der Waals surface area contributed by atoms with Gasteiger partial charge < -0.3 is 14.2 Å². The fourth-order valence-corrected chi connectivity index (χ4v) is 1.30. The van der Waals surface area contributed by atoms with Gasteiger partial charge in [0.1, 0.15) is 0 Å². The highest BCUT2D eigenvalue weighted by molar-refractivity contribution is 4.96. The van der Waals surface area contributed by atoms with Gasteiger partial charge in [0.25, 0.3) is 0 Å². The van der Waals surface area contributed by atoms with Crippen LogP contribution in [0.4, 0.5) is 0 Å². The van der Waals surface area contributed by atoms with Crippen LogP contribution in [0.3, 0.4) is 0 Å². The van der Waals surface area contributed by atoms with Gasteiger partial charge in [0.2, 0.25) is 0 Å². The maximum Gasteiger partial charge on any atom is 0.353 e. The van der Waals surface area contributed by atoms with Gasteiger partial charge in [-0.25, -0.2) is 0 Å². The first-order valence-corrected chi connectivity index (χ1v) is 7.14. The van der Waals surface area contributed by atoms with Crippen molar-refractivity contribution in [1.82, 2.24) is 0 Å². The topological polar surface area (TPSA) is 27.7 Å². The van der Waals surface area contributed by atoms with Gasteiger partial charge in [-0.3, -0.25) is 0 Å². The molecule has 0 heterocycles. The summed E-state index contributed by atoms with van der Waals surface area (Å²) in [6.45, 7) is 8.03. The highest BCUT2D eigenvalue weighted by atomic mass is 16.9. The van der Waals surface area contributed by atoms with Gasteiger partial charge in [0.05, 0.1) is 19.8 Å². The van der Waals surface area contributed by atoms with Crippen LogP contribution in [-0.2, 0) is 14.2 Å². The number of unbranched alkanes of at least 4 members (excludes halogenated alkanes) is 3. The second-order valence-corrected chi connectivity index (χ2v) is 4.31.